The number of nitro benzene ring substituents is 1. The standard InChI is InChI=1S/C28H41N3O6/c1-2-13-30(28(34)37-19-21-6-9-25(10-7-21)31(35)36)24-11-14-29(15-12-24)18-22-5-8-23(16-22)26(27(32)33)17-20-3-4-20/h6-7,9-10,20,22-24,26H,2-5,8,11-19H2,1H3,(H,32,33). The lowest BCUT2D eigenvalue weighted by atomic mass is 9.86. The average Bonchev–Trinajstić information content (AvgIpc) is 3.61. The molecule has 204 valence electrons. The van der Waals surface area contributed by atoms with Gasteiger partial charge in [-0.15, -0.1) is 0 Å². The lowest BCUT2D eigenvalue weighted by Crippen LogP contribution is -2.48. The first-order valence-corrected chi connectivity index (χ1v) is 14.0. The number of carbonyl (C=O) groups excluding carboxylic acids is 1. The number of carbonyl (C=O) groups is 2. The molecule has 2 aliphatic carbocycles. The van der Waals surface area contributed by atoms with E-state index in [2.05, 4.69) is 11.8 Å². The Morgan fingerprint density at radius 3 is 2.38 bits per heavy atom. The van der Waals surface area contributed by atoms with E-state index in [-0.39, 0.29) is 30.3 Å². The molecular formula is C28H41N3O6. The molecule has 9 nitrogen and oxygen atoms in total. The molecule has 0 bridgehead atoms. The summed E-state index contributed by atoms with van der Waals surface area (Å²) in [5, 5.41) is 20.6. The van der Waals surface area contributed by atoms with Crippen molar-refractivity contribution in [2.75, 3.05) is 26.2 Å². The van der Waals surface area contributed by atoms with Gasteiger partial charge in [-0.2, -0.15) is 0 Å². The van der Waals surface area contributed by atoms with Crippen LogP contribution in [0.1, 0.15) is 70.3 Å². The van der Waals surface area contributed by atoms with Gasteiger partial charge in [0, 0.05) is 44.4 Å². The molecular weight excluding hydrogens is 474 g/mol. The smallest absolute Gasteiger partial charge is 0.410 e. The van der Waals surface area contributed by atoms with Gasteiger partial charge < -0.3 is 19.6 Å². The summed E-state index contributed by atoms with van der Waals surface area (Å²) in [6.07, 6.45) is 8.79. The Morgan fingerprint density at radius 2 is 1.78 bits per heavy atom. The van der Waals surface area contributed by atoms with Crippen molar-refractivity contribution >= 4 is 17.7 Å². The summed E-state index contributed by atoms with van der Waals surface area (Å²) in [7, 11) is 0. The Labute approximate surface area is 219 Å². The number of hydrogen-bond donors (Lipinski definition) is 1. The maximum absolute atomic E-state index is 12.9. The van der Waals surface area contributed by atoms with E-state index in [1.54, 1.807) is 12.1 Å². The van der Waals surface area contributed by atoms with Gasteiger partial charge in [-0.25, -0.2) is 4.79 Å². The third kappa shape index (κ3) is 7.66. The Kier molecular flexibility index (Phi) is 9.40. The summed E-state index contributed by atoms with van der Waals surface area (Å²) in [4.78, 5) is 39.5. The van der Waals surface area contributed by atoms with E-state index < -0.39 is 10.9 Å². The zero-order valence-electron chi connectivity index (χ0n) is 21.9. The summed E-state index contributed by atoms with van der Waals surface area (Å²) in [5.74, 6) is 0.774. The molecule has 1 aromatic rings. The van der Waals surface area contributed by atoms with Crippen LogP contribution in [0.15, 0.2) is 24.3 Å². The second-order valence-corrected chi connectivity index (χ2v) is 11.3. The topological polar surface area (TPSA) is 113 Å². The van der Waals surface area contributed by atoms with E-state index in [4.69, 9.17) is 4.74 Å². The Morgan fingerprint density at radius 1 is 1.11 bits per heavy atom. The highest BCUT2D eigenvalue weighted by Crippen LogP contribution is 2.43. The third-order valence-corrected chi connectivity index (χ3v) is 8.47. The summed E-state index contributed by atoms with van der Waals surface area (Å²) < 4.78 is 5.57. The van der Waals surface area contributed by atoms with Crippen LogP contribution in [0.25, 0.3) is 0 Å². The number of non-ortho nitro benzene ring substituents is 1. The molecule has 9 heteroatoms. The molecule has 0 spiro atoms. The fourth-order valence-corrected chi connectivity index (χ4v) is 6.24. The second-order valence-electron chi connectivity index (χ2n) is 11.3. The van der Waals surface area contributed by atoms with Gasteiger partial charge in [0.05, 0.1) is 10.8 Å². The zero-order chi connectivity index (χ0) is 26.4. The first kappa shape index (κ1) is 27.4. The number of amides is 1. The summed E-state index contributed by atoms with van der Waals surface area (Å²) in [6.45, 7) is 5.69. The minimum Gasteiger partial charge on any atom is -0.481 e. The lowest BCUT2D eigenvalue weighted by Gasteiger charge is -2.38. The summed E-state index contributed by atoms with van der Waals surface area (Å²) in [5.41, 5.74) is 0.741. The molecule has 0 radical (unpaired) electrons. The van der Waals surface area contributed by atoms with Crippen LogP contribution in [0.2, 0.25) is 0 Å². The molecule has 3 fully saturated rings. The zero-order valence-corrected chi connectivity index (χ0v) is 21.9. The van der Waals surface area contributed by atoms with Crippen molar-refractivity contribution in [1.82, 2.24) is 9.80 Å². The number of nitrogens with zero attached hydrogens (tertiary/aromatic N) is 3. The summed E-state index contributed by atoms with van der Waals surface area (Å²) in [6, 6.07) is 6.22. The quantitative estimate of drug-likeness (QED) is 0.296. The van der Waals surface area contributed by atoms with Crippen LogP contribution in [0, 0.1) is 33.8 Å². The van der Waals surface area contributed by atoms with Crippen molar-refractivity contribution in [3.63, 3.8) is 0 Å². The van der Waals surface area contributed by atoms with Crippen LogP contribution < -0.4 is 0 Å². The molecule has 3 unspecified atom stereocenters. The maximum atomic E-state index is 12.9. The molecule has 1 heterocycles. The average molecular weight is 516 g/mol. The Balaban J connectivity index is 1.22. The molecule has 4 rings (SSSR count). The fraction of sp³-hybridized carbons (Fsp3) is 0.714. The molecule has 1 N–H and O–H groups in total. The maximum Gasteiger partial charge on any atom is 0.410 e. The van der Waals surface area contributed by atoms with Crippen LogP contribution in [0.4, 0.5) is 10.5 Å². The predicted octanol–water partition coefficient (Wildman–Crippen LogP) is 5.33. The number of rotatable bonds is 12. The molecule has 0 aromatic heterocycles. The predicted molar refractivity (Wildman–Crippen MR) is 139 cm³/mol. The van der Waals surface area contributed by atoms with Crippen LogP contribution in [0.5, 0.6) is 0 Å². The largest absolute Gasteiger partial charge is 0.481 e. The fourth-order valence-electron chi connectivity index (χ4n) is 6.24. The normalized spacial score (nSPS) is 23.5. The molecule has 1 saturated heterocycles. The second kappa shape index (κ2) is 12.7. The highest BCUT2D eigenvalue weighted by molar-refractivity contribution is 5.70. The van der Waals surface area contributed by atoms with Gasteiger partial charge >= 0.3 is 12.1 Å². The lowest BCUT2D eigenvalue weighted by molar-refractivity contribution is -0.384. The van der Waals surface area contributed by atoms with Gasteiger partial charge in [-0.3, -0.25) is 14.9 Å². The molecule has 3 atom stereocenters. The van der Waals surface area contributed by atoms with E-state index in [0.29, 0.717) is 24.3 Å². The van der Waals surface area contributed by atoms with E-state index in [0.717, 1.165) is 70.1 Å². The van der Waals surface area contributed by atoms with Gasteiger partial charge in [0.2, 0.25) is 0 Å². The van der Waals surface area contributed by atoms with Gasteiger partial charge in [0.15, 0.2) is 0 Å². The number of nitro groups is 1. The van der Waals surface area contributed by atoms with E-state index in [1.807, 2.05) is 4.90 Å². The van der Waals surface area contributed by atoms with Gasteiger partial charge in [0.25, 0.3) is 5.69 Å². The minimum absolute atomic E-state index is 0.0162. The number of ether oxygens (including phenoxy) is 1. The number of aliphatic carboxylic acids is 1. The van der Waals surface area contributed by atoms with Crippen molar-refractivity contribution in [3.8, 4) is 0 Å². The van der Waals surface area contributed by atoms with Crippen molar-refractivity contribution < 1.29 is 24.4 Å². The van der Waals surface area contributed by atoms with E-state index in [1.165, 1.54) is 25.0 Å². The number of carboxylic acids is 1. The number of hydrogen-bond acceptors (Lipinski definition) is 6. The van der Waals surface area contributed by atoms with Gasteiger partial charge in [-0.05, 0) is 80.4 Å². The number of carboxylic acid groups (broad SMARTS) is 1. The first-order valence-electron chi connectivity index (χ1n) is 14.0. The Bertz CT molecular complexity index is 926. The molecule has 2 saturated carbocycles. The molecule has 37 heavy (non-hydrogen) atoms. The number of benzene rings is 1. The van der Waals surface area contributed by atoms with Gasteiger partial charge in [-0.1, -0.05) is 19.8 Å². The van der Waals surface area contributed by atoms with Crippen LogP contribution in [-0.4, -0.2) is 64.1 Å². The number of piperidine rings is 1. The molecule has 1 amide bonds. The molecule has 3 aliphatic rings. The van der Waals surface area contributed by atoms with E-state index >= 15 is 0 Å². The molecule has 1 aromatic carbocycles. The highest BCUT2D eigenvalue weighted by atomic mass is 16.6. The minimum atomic E-state index is -0.602. The van der Waals surface area contributed by atoms with Crippen molar-refractivity contribution in [2.24, 2.45) is 23.7 Å². The van der Waals surface area contributed by atoms with Crippen molar-refractivity contribution in [3.05, 3.63) is 39.9 Å². The first-order chi connectivity index (χ1) is 17.8. The highest BCUT2D eigenvalue weighted by Gasteiger charge is 2.39. The van der Waals surface area contributed by atoms with Crippen LogP contribution >= 0.6 is 0 Å². The summed E-state index contributed by atoms with van der Waals surface area (Å²) >= 11 is 0. The van der Waals surface area contributed by atoms with Crippen LogP contribution in [-0.2, 0) is 16.1 Å². The van der Waals surface area contributed by atoms with Crippen molar-refractivity contribution in [2.45, 2.75) is 77.4 Å². The molecule has 1 aliphatic heterocycles. The number of likely N-dealkylation sites (tertiary alicyclic amines) is 1. The Hall–Kier alpha value is -2.68. The van der Waals surface area contributed by atoms with Crippen molar-refractivity contribution in [1.29, 1.82) is 0 Å². The van der Waals surface area contributed by atoms with E-state index in [9.17, 15) is 24.8 Å². The van der Waals surface area contributed by atoms with Crippen LogP contribution in [0.3, 0.4) is 0 Å². The van der Waals surface area contributed by atoms with Gasteiger partial charge in [0.1, 0.15) is 6.61 Å². The SMILES string of the molecule is CCCN(C(=O)OCc1ccc([N+](=O)[O-])cc1)C1CCN(CC2CCC(C(CC3CC3)C(=O)O)C2)CC1. The monoisotopic (exact) mass is 515 g/mol. The third-order valence-electron chi connectivity index (χ3n) is 8.47.